The number of benzene rings is 1. The lowest BCUT2D eigenvalue weighted by molar-refractivity contribution is -0.00000492. The fourth-order valence-corrected chi connectivity index (χ4v) is 2.99. The molecule has 0 aliphatic heterocycles. The average molecular weight is 378 g/mol. The highest BCUT2D eigenvalue weighted by Crippen LogP contribution is 2.29. The first-order valence-corrected chi connectivity index (χ1v) is 7.81. The third kappa shape index (κ3) is 3.78. The number of rotatable bonds is 4. The van der Waals surface area contributed by atoms with Gasteiger partial charge < -0.3 is 17.0 Å². The zero-order chi connectivity index (χ0) is 14.7. The predicted molar refractivity (Wildman–Crippen MR) is 84.7 cm³/mol. The van der Waals surface area contributed by atoms with Gasteiger partial charge in [-0.25, -0.2) is 9.37 Å². The van der Waals surface area contributed by atoms with Crippen LogP contribution in [0, 0.1) is 5.82 Å². The molecule has 0 aliphatic rings. The molecule has 0 aliphatic carbocycles. The molecule has 0 atom stereocenters. The quantitative estimate of drug-likeness (QED) is 0.694. The molecule has 2 aromatic heterocycles. The van der Waals surface area contributed by atoms with E-state index < -0.39 is 0 Å². The summed E-state index contributed by atoms with van der Waals surface area (Å²) in [5.74, 6) is -0.229. The lowest BCUT2D eigenvalue weighted by atomic mass is 10.1. The van der Waals surface area contributed by atoms with Crippen LogP contribution in [0.15, 0.2) is 48.0 Å². The summed E-state index contributed by atoms with van der Waals surface area (Å²) in [6.07, 6.45) is 3.89. The van der Waals surface area contributed by atoms with Crippen LogP contribution in [-0.4, -0.2) is 9.97 Å². The molecule has 0 N–H and O–H groups in total. The van der Waals surface area contributed by atoms with Gasteiger partial charge in [-0.3, -0.25) is 4.98 Å². The Kier molecular flexibility index (Phi) is 5.80. The van der Waals surface area contributed by atoms with Gasteiger partial charge in [-0.2, -0.15) is 0 Å². The lowest BCUT2D eigenvalue weighted by Gasteiger charge is -2.00. The summed E-state index contributed by atoms with van der Waals surface area (Å²) >= 11 is 1.60. The van der Waals surface area contributed by atoms with E-state index in [0.29, 0.717) is 0 Å². The van der Waals surface area contributed by atoms with E-state index in [0.717, 1.165) is 40.4 Å². The van der Waals surface area contributed by atoms with E-state index in [1.807, 2.05) is 17.6 Å². The van der Waals surface area contributed by atoms with Crippen LogP contribution in [0.4, 0.5) is 4.39 Å². The Hall–Kier alpha value is -1.59. The van der Waals surface area contributed by atoms with Crippen LogP contribution < -0.4 is 17.0 Å². The predicted octanol–water partition coefficient (Wildman–Crippen LogP) is 1.97. The van der Waals surface area contributed by atoms with E-state index in [2.05, 4.69) is 23.0 Å². The molecule has 114 valence electrons. The molecule has 0 saturated carbocycles. The minimum atomic E-state index is -0.229. The topological polar surface area (TPSA) is 25.8 Å². The van der Waals surface area contributed by atoms with Gasteiger partial charge in [0, 0.05) is 28.4 Å². The van der Waals surface area contributed by atoms with Crippen molar-refractivity contribution in [2.75, 3.05) is 0 Å². The molecule has 5 heteroatoms. The standard InChI is InChI=1S/C17H15FN2S.BrH/c1-2-3-15-10-13(8-9-19-15)17-20-16(11-21-17)12-4-6-14(18)7-5-12;/h4-11H,2-3H2,1H3;1H/p-1. The van der Waals surface area contributed by atoms with Crippen molar-refractivity contribution in [1.82, 2.24) is 9.97 Å². The largest absolute Gasteiger partial charge is 1.00 e. The Bertz CT molecular complexity index is 740. The molecule has 0 radical (unpaired) electrons. The van der Waals surface area contributed by atoms with E-state index in [1.165, 1.54) is 12.1 Å². The maximum absolute atomic E-state index is 13.0. The molecule has 2 nitrogen and oxygen atoms in total. The van der Waals surface area contributed by atoms with Crippen molar-refractivity contribution >= 4 is 11.3 Å². The highest BCUT2D eigenvalue weighted by molar-refractivity contribution is 7.13. The second-order valence-electron chi connectivity index (χ2n) is 4.83. The van der Waals surface area contributed by atoms with Crippen LogP contribution in [0.3, 0.4) is 0 Å². The summed E-state index contributed by atoms with van der Waals surface area (Å²) in [7, 11) is 0. The molecular formula is C17H15BrFN2S-. The SMILES string of the molecule is CCCc1cc(-c2nc(-c3ccc(F)cc3)cs2)ccn1.[Br-]. The van der Waals surface area contributed by atoms with Crippen molar-refractivity contribution in [3.63, 3.8) is 0 Å². The molecule has 22 heavy (non-hydrogen) atoms. The number of thiazole rings is 1. The molecule has 0 amide bonds. The second kappa shape index (κ2) is 7.61. The molecule has 0 fully saturated rings. The maximum atomic E-state index is 13.0. The third-order valence-electron chi connectivity index (χ3n) is 3.21. The van der Waals surface area contributed by atoms with Gasteiger partial charge in [0.25, 0.3) is 0 Å². The number of aromatic nitrogens is 2. The Balaban J connectivity index is 0.00000176. The van der Waals surface area contributed by atoms with Crippen molar-refractivity contribution in [3.8, 4) is 21.8 Å². The minimum absolute atomic E-state index is 0. The van der Waals surface area contributed by atoms with Gasteiger partial charge in [-0.05, 0) is 42.8 Å². The summed E-state index contributed by atoms with van der Waals surface area (Å²) in [4.78, 5) is 9.01. The first-order chi connectivity index (χ1) is 10.3. The fourth-order valence-electron chi connectivity index (χ4n) is 2.16. The van der Waals surface area contributed by atoms with Gasteiger partial charge in [-0.1, -0.05) is 13.3 Å². The van der Waals surface area contributed by atoms with Crippen LogP contribution in [0.5, 0.6) is 0 Å². The highest BCUT2D eigenvalue weighted by atomic mass is 79.9. The van der Waals surface area contributed by atoms with Gasteiger partial charge in [0.2, 0.25) is 0 Å². The monoisotopic (exact) mass is 377 g/mol. The van der Waals surface area contributed by atoms with Gasteiger partial charge >= 0.3 is 0 Å². The van der Waals surface area contributed by atoms with Crippen molar-refractivity contribution in [2.45, 2.75) is 19.8 Å². The number of pyridine rings is 1. The van der Waals surface area contributed by atoms with E-state index in [9.17, 15) is 4.39 Å². The van der Waals surface area contributed by atoms with Crippen molar-refractivity contribution in [1.29, 1.82) is 0 Å². The van der Waals surface area contributed by atoms with E-state index in [-0.39, 0.29) is 22.8 Å². The molecule has 3 rings (SSSR count). The summed E-state index contributed by atoms with van der Waals surface area (Å²) in [5.41, 5.74) is 3.99. The molecule has 3 aromatic rings. The molecule has 0 spiro atoms. The molecular weight excluding hydrogens is 363 g/mol. The van der Waals surface area contributed by atoms with Gasteiger partial charge in [0.05, 0.1) is 5.69 Å². The molecule has 0 unspecified atom stereocenters. The second-order valence-corrected chi connectivity index (χ2v) is 5.69. The maximum Gasteiger partial charge on any atom is 0.124 e. The Morgan fingerprint density at radius 2 is 1.86 bits per heavy atom. The van der Waals surface area contributed by atoms with Crippen LogP contribution >= 0.6 is 11.3 Å². The van der Waals surface area contributed by atoms with Crippen LogP contribution in [0.2, 0.25) is 0 Å². The van der Waals surface area contributed by atoms with Crippen LogP contribution in [0.25, 0.3) is 21.8 Å². The summed E-state index contributed by atoms with van der Waals surface area (Å²) in [6, 6.07) is 10.5. The summed E-state index contributed by atoms with van der Waals surface area (Å²) < 4.78 is 13.0. The minimum Gasteiger partial charge on any atom is -1.00 e. The van der Waals surface area contributed by atoms with Gasteiger partial charge in [0.1, 0.15) is 10.8 Å². The zero-order valence-electron chi connectivity index (χ0n) is 12.1. The van der Waals surface area contributed by atoms with Crippen molar-refractivity contribution in [3.05, 3.63) is 59.5 Å². The van der Waals surface area contributed by atoms with Gasteiger partial charge in [-0.15, -0.1) is 11.3 Å². The highest BCUT2D eigenvalue weighted by Gasteiger charge is 2.07. The number of hydrogen-bond donors (Lipinski definition) is 0. The third-order valence-corrected chi connectivity index (χ3v) is 4.11. The average Bonchev–Trinajstić information content (AvgIpc) is 2.98. The van der Waals surface area contributed by atoms with Crippen molar-refractivity contribution < 1.29 is 21.4 Å². The molecule has 0 bridgehead atoms. The van der Waals surface area contributed by atoms with Crippen molar-refractivity contribution in [2.24, 2.45) is 0 Å². The summed E-state index contributed by atoms with van der Waals surface area (Å²) in [6.45, 7) is 2.14. The van der Waals surface area contributed by atoms with E-state index >= 15 is 0 Å². The van der Waals surface area contributed by atoms with Crippen LogP contribution in [-0.2, 0) is 6.42 Å². The zero-order valence-corrected chi connectivity index (χ0v) is 14.5. The first-order valence-electron chi connectivity index (χ1n) is 6.93. The van der Waals surface area contributed by atoms with Crippen LogP contribution in [0.1, 0.15) is 19.0 Å². The normalized spacial score (nSPS) is 10.3. The first kappa shape index (κ1) is 16.8. The number of halogens is 2. The number of aryl methyl sites for hydroxylation is 1. The Morgan fingerprint density at radius 3 is 2.59 bits per heavy atom. The number of hydrogen-bond acceptors (Lipinski definition) is 3. The number of nitrogens with zero attached hydrogens (tertiary/aromatic N) is 2. The lowest BCUT2D eigenvalue weighted by Crippen LogP contribution is -3.00. The fraction of sp³-hybridized carbons (Fsp3) is 0.176. The van der Waals surface area contributed by atoms with Gasteiger partial charge in [0.15, 0.2) is 0 Å². The molecule has 1 aromatic carbocycles. The molecule has 2 heterocycles. The smallest absolute Gasteiger partial charge is 0.124 e. The Morgan fingerprint density at radius 1 is 1.09 bits per heavy atom. The Labute approximate surface area is 143 Å². The summed E-state index contributed by atoms with van der Waals surface area (Å²) in [5, 5.41) is 2.97. The van der Waals surface area contributed by atoms with E-state index in [1.54, 1.807) is 23.5 Å². The molecule has 0 saturated heterocycles. The van der Waals surface area contributed by atoms with E-state index in [4.69, 9.17) is 0 Å².